The van der Waals surface area contributed by atoms with E-state index in [2.05, 4.69) is 20.7 Å². The molecule has 0 fully saturated rings. The van der Waals surface area contributed by atoms with E-state index in [1.54, 1.807) is 0 Å². The lowest BCUT2D eigenvalue weighted by atomic mass is 10.1. The fourth-order valence-electron chi connectivity index (χ4n) is 1.23. The number of benzene rings is 1. The van der Waals surface area contributed by atoms with E-state index in [0.29, 0.717) is 0 Å². The molecule has 0 unspecified atom stereocenters. The van der Waals surface area contributed by atoms with Crippen LogP contribution in [0, 0.1) is 0 Å². The maximum absolute atomic E-state index is 12.5. The molecule has 11 heteroatoms. The van der Waals surface area contributed by atoms with Gasteiger partial charge in [0.15, 0.2) is 0 Å². The van der Waals surface area contributed by atoms with Gasteiger partial charge in [-0.2, -0.15) is 26.3 Å². The maximum atomic E-state index is 12.5. The zero-order valence-electron chi connectivity index (χ0n) is 8.84. The van der Waals surface area contributed by atoms with Crippen molar-refractivity contribution in [3.8, 4) is 5.75 Å². The fraction of sp³-hybridized carbons (Fsp3) is 0.333. The molecule has 0 amide bonds. The molecule has 0 aliphatic rings. The van der Waals surface area contributed by atoms with Gasteiger partial charge in [0.2, 0.25) is 0 Å². The molecule has 0 saturated carbocycles. The molecule has 0 N–H and O–H groups in total. The van der Waals surface area contributed by atoms with Gasteiger partial charge in [-0.25, -0.2) is 0 Å². The summed E-state index contributed by atoms with van der Waals surface area (Å²) in [4.78, 5) is 0. The summed E-state index contributed by atoms with van der Waals surface area (Å²) in [7, 11) is 0. The molecule has 0 aromatic heterocycles. The Bertz CT molecular complexity index is 500. The van der Waals surface area contributed by atoms with Crippen molar-refractivity contribution in [1.82, 2.24) is 0 Å². The highest BCUT2D eigenvalue weighted by molar-refractivity contribution is 9.10. The van der Waals surface area contributed by atoms with Crippen LogP contribution < -0.4 is 4.74 Å². The summed E-state index contributed by atoms with van der Waals surface area (Å²) < 4.78 is 113. The van der Waals surface area contributed by atoms with E-state index in [4.69, 9.17) is 0 Å². The standard InChI is InChI=1S/C9H2BrF9O/c10-5-1-3(7(11,12)13)4(8(14,15)16)2-6(5)20-9(17,18)19/h1-2H. The first-order valence-electron chi connectivity index (χ1n) is 4.45. The van der Waals surface area contributed by atoms with Crippen molar-refractivity contribution in [2.75, 3.05) is 0 Å². The molecule has 114 valence electrons. The second kappa shape index (κ2) is 5.01. The van der Waals surface area contributed by atoms with Gasteiger partial charge in [0.1, 0.15) is 5.75 Å². The van der Waals surface area contributed by atoms with E-state index in [9.17, 15) is 39.5 Å². The molecule has 20 heavy (non-hydrogen) atoms. The van der Waals surface area contributed by atoms with Crippen LogP contribution in [-0.4, -0.2) is 6.36 Å². The molecule has 0 heterocycles. The largest absolute Gasteiger partial charge is 0.573 e. The molecule has 1 rings (SSSR count). The van der Waals surface area contributed by atoms with Crippen molar-refractivity contribution < 1.29 is 44.3 Å². The van der Waals surface area contributed by atoms with Gasteiger partial charge >= 0.3 is 18.7 Å². The molecule has 1 aromatic rings. The molecule has 0 spiro atoms. The normalized spacial score (nSPS) is 13.5. The number of alkyl halides is 9. The zero-order chi connectivity index (χ0) is 15.9. The van der Waals surface area contributed by atoms with Crippen LogP contribution in [0.3, 0.4) is 0 Å². The second-order valence-electron chi connectivity index (χ2n) is 3.37. The first-order valence-corrected chi connectivity index (χ1v) is 5.25. The molecule has 0 bridgehead atoms. The highest BCUT2D eigenvalue weighted by Gasteiger charge is 2.44. The predicted molar refractivity (Wildman–Crippen MR) is 50.8 cm³/mol. The minimum absolute atomic E-state index is 0.121. The van der Waals surface area contributed by atoms with Crippen LogP contribution in [0.15, 0.2) is 16.6 Å². The van der Waals surface area contributed by atoms with Crippen molar-refractivity contribution >= 4 is 15.9 Å². The van der Waals surface area contributed by atoms with Crippen LogP contribution in [0.4, 0.5) is 39.5 Å². The summed E-state index contributed by atoms with van der Waals surface area (Å²) in [6, 6.07) is -0.482. The monoisotopic (exact) mass is 376 g/mol. The lowest BCUT2D eigenvalue weighted by molar-refractivity contribution is -0.275. The Balaban J connectivity index is 3.49. The fourth-order valence-corrected chi connectivity index (χ4v) is 1.65. The molecule has 0 atom stereocenters. The molecule has 0 radical (unpaired) electrons. The molecule has 0 aliphatic heterocycles. The van der Waals surface area contributed by atoms with Crippen molar-refractivity contribution in [2.45, 2.75) is 18.7 Å². The Morgan fingerprint density at radius 3 is 1.50 bits per heavy atom. The highest BCUT2D eigenvalue weighted by Crippen LogP contribution is 2.45. The summed E-state index contributed by atoms with van der Waals surface area (Å²) in [5, 5.41) is 0. The zero-order valence-corrected chi connectivity index (χ0v) is 10.4. The minimum Gasteiger partial charge on any atom is -0.405 e. The van der Waals surface area contributed by atoms with E-state index in [1.165, 1.54) is 0 Å². The van der Waals surface area contributed by atoms with Crippen molar-refractivity contribution in [1.29, 1.82) is 0 Å². The lowest BCUT2D eigenvalue weighted by Gasteiger charge is -2.18. The molecular weight excluding hydrogens is 375 g/mol. The third kappa shape index (κ3) is 4.18. The van der Waals surface area contributed by atoms with E-state index >= 15 is 0 Å². The minimum atomic E-state index is -5.49. The highest BCUT2D eigenvalue weighted by atomic mass is 79.9. The average Bonchev–Trinajstić information content (AvgIpc) is 2.15. The van der Waals surface area contributed by atoms with Gasteiger partial charge in [-0.3, -0.25) is 0 Å². The number of ether oxygens (including phenoxy) is 1. The topological polar surface area (TPSA) is 9.23 Å². The summed E-state index contributed by atoms with van der Waals surface area (Å²) in [5.74, 6) is -1.42. The van der Waals surface area contributed by atoms with Gasteiger partial charge in [0, 0.05) is 0 Å². The van der Waals surface area contributed by atoms with Crippen molar-refractivity contribution in [3.63, 3.8) is 0 Å². The van der Waals surface area contributed by atoms with E-state index in [1.807, 2.05) is 0 Å². The van der Waals surface area contributed by atoms with Crippen LogP contribution in [0.5, 0.6) is 5.75 Å². The Morgan fingerprint density at radius 1 is 0.750 bits per heavy atom. The van der Waals surface area contributed by atoms with Crippen molar-refractivity contribution in [3.05, 3.63) is 27.7 Å². The van der Waals surface area contributed by atoms with Crippen LogP contribution >= 0.6 is 15.9 Å². The lowest BCUT2D eigenvalue weighted by Crippen LogP contribution is -2.20. The van der Waals surface area contributed by atoms with E-state index in [-0.39, 0.29) is 12.1 Å². The summed E-state index contributed by atoms with van der Waals surface area (Å²) in [5.41, 5.74) is -4.39. The average molecular weight is 377 g/mol. The van der Waals surface area contributed by atoms with Crippen LogP contribution in [0.2, 0.25) is 0 Å². The van der Waals surface area contributed by atoms with Crippen LogP contribution in [-0.2, 0) is 12.4 Å². The molecule has 0 aliphatic carbocycles. The Morgan fingerprint density at radius 2 is 1.15 bits per heavy atom. The first kappa shape index (κ1) is 16.9. The Kier molecular flexibility index (Phi) is 4.24. The van der Waals surface area contributed by atoms with Gasteiger partial charge in [-0.05, 0) is 28.1 Å². The van der Waals surface area contributed by atoms with Gasteiger partial charge < -0.3 is 4.74 Å². The van der Waals surface area contributed by atoms with Crippen molar-refractivity contribution in [2.24, 2.45) is 0 Å². The summed E-state index contributed by atoms with van der Waals surface area (Å²) in [6.07, 6.45) is -16.2. The summed E-state index contributed by atoms with van der Waals surface area (Å²) in [6.45, 7) is 0. The number of rotatable bonds is 1. The molecule has 0 saturated heterocycles. The smallest absolute Gasteiger partial charge is 0.405 e. The van der Waals surface area contributed by atoms with E-state index in [0.717, 1.165) is 0 Å². The number of hydrogen-bond donors (Lipinski definition) is 0. The predicted octanol–water partition coefficient (Wildman–Crippen LogP) is 5.39. The third-order valence-corrected chi connectivity index (χ3v) is 2.53. The molecule has 1 nitrogen and oxygen atoms in total. The Hall–Kier alpha value is -1.13. The van der Waals surface area contributed by atoms with Gasteiger partial charge in [-0.15, -0.1) is 13.2 Å². The quantitative estimate of drug-likeness (QED) is 0.597. The molecule has 1 aromatic carbocycles. The first-order chi connectivity index (χ1) is 8.72. The number of halogens is 10. The maximum Gasteiger partial charge on any atom is 0.573 e. The third-order valence-electron chi connectivity index (χ3n) is 1.91. The van der Waals surface area contributed by atoms with Crippen LogP contribution in [0.25, 0.3) is 0 Å². The van der Waals surface area contributed by atoms with E-state index < -0.39 is 40.1 Å². The van der Waals surface area contributed by atoms with Gasteiger partial charge in [0.25, 0.3) is 0 Å². The molecular formula is C9H2BrF9O. The van der Waals surface area contributed by atoms with Gasteiger partial charge in [0.05, 0.1) is 15.6 Å². The number of hydrogen-bond acceptors (Lipinski definition) is 1. The summed E-state index contributed by atoms with van der Waals surface area (Å²) >= 11 is 2.30. The van der Waals surface area contributed by atoms with Gasteiger partial charge in [-0.1, -0.05) is 0 Å². The second-order valence-corrected chi connectivity index (χ2v) is 4.23. The SMILES string of the molecule is FC(F)(F)Oc1cc(C(F)(F)F)c(C(F)(F)F)cc1Br. The van der Waals surface area contributed by atoms with Crippen LogP contribution in [0.1, 0.15) is 11.1 Å². The Labute approximate surface area is 113 Å².